The van der Waals surface area contributed by atoms with Crippen molar-refractivity contribution in [1.82, 2.24) is 0 Å². The summed E-state index contributed by atoms with van der Waals surface area (Å²) >= 11 is 0. The predicted octanol–water partition coefficient (Wildman–Crippen LogP) is 3.89. The highest BCUT2D eigenvalue weighted by Gasteiger charge is 2.36. The van der Waals surface area contributed by atoms with Crippen LogP contribution in [0.25, 0.3) is 6.08 Å². The van der Waals surface area contributed by atoms with Gasteiger partial charge in [-0.2, -0.15) is 0 Å². The molecule has 2 aromatic rings. The smallest absolute Gasteiger partial charge is 0.363 e. The maximum atomic E-state index is 12.9. The summed E-state index contributed by atoms with van der Waals surface area (Å²) in [4.78, 5) is 16.1. The number of nitrogens with zero attached hydrogens (tertiary/aromatic N) is 1. The second-order valence-corrected chi connectivity index (χ2v) is 5.90. The van der Waals surface area contributed by atoms with E-state index in [1.54, 1.807) is 6.08 Å². The molecule has 2 aliphatic rings. The van der Waals surface area contributed by atoms with Gasteiger partial charge >= 0.3 is 5.97 Å². The van der Waals surface area contributed by atoms with Crippen molar-refractivity contribution in [2.45, 2.75) is 19.3 Å². The van der Waals surface area contributed by atoms with E-state index in [-0.39, 0.29) is 17.4 Å². The number of furan rings is 1. The molecule has 0 N–H and O–H groups in total. The lowest BCUT2D eigenvalue weighted by atomic mass is 10.2. The Morgan fingerprint density at radius 2 is 1.96 bits per heavy atom. The Bertz CT molecular complexity index is 832. The second kappa shape index (κ2) is 5.19. The minimum absolute atomic E-state index is 0.170. The van der Waals surface area contributed by atoms with Crippen molar-refractivity contribution in [3.8, 4) is 0 Å². The normalized spacial score (nSPS) is 24.7. The summed E-state index contributed by atoms with van der Waals surface area (Å²) in [6.45, 7) is 2.18. The summed E-state index contributed by atoms with van der Waals surface area (Å²) in [7, 11) is 0. The molecular formula is C18H14FNO3. The van der Waals surface area contributed by atoms with Gasteiger partial charge in [0.05, 0.1) is 0 Å². The van der Waals surface area contributed by atoms with Gasteiger partial charge < -0.3 is 9.15 Å². The molecule has 116 valence electrons. The third kappa shape index (κ3) is 2.70. The molecule has 0 spiro atoms. The summed E-state index contributed by atoms with van der Waals surface area (Å²) in [5.74, 6) is 1.93. The summed E-state index contributed by atoms with van der Waals surface area (Å²) < 4.78 is 23.8. The third-order valence-electron chi connectivity index (χ3n) is 4.11. The van der Waals surface area contributed by atoms with Crippen LogP contribution in [-0.2, 0) is 9.53 Å². The number of hydrogen-bond donors (Lipinski definition) is 0. The average molecular weight is 311 g/mol. The van der Waals surface area contributed by atoms with E-state index in [1.807, 2.05) is 12.1 Å². The van der Waals surface area contributed by atoms with Crippen LogP contribution >= 0.6 is 0 Å². The van der Waals surface area contributed by atoms with Gasteiger partial charge in [-0.1, -0.05) is 6.92 Å². The number of halogens is 1. The van der Waals surface area contributed by atoms with Gasteiger partial charge in [-0.15, -0.1) is 0 Å². The Kier molecular flexibility index (Phi) is 3.15. The van der Waals surface area contributed by atoms with E-state index in [0.717, 1.165) is 12.2 Å². The van der Waals surface area contributed by atoms with Gasteiger partial charge in [0.1, 0.15) is 17.3 Å². The highest BCUT2D eigenvalue weighted by molar-refractivity contribution is 6.12. The number of carbonyl (C=O) groups is 1. The first-order valence-electron chi connectivity index (χ1n) is 7.48. The molecule has 0 amide bonds. The molecule has 4 nitrogen and oxygen atoms in total. The van der Waals surface area contributed by atoms with Gasteiger partial charge in [0, 0.05) is 17.6 Å². The largest absolute Gasteiger partial charge is 0.461 e. The quantitative estimate of drug-likeness (QED) is 0.638. The SMILES string of the molecule is C[C@@H]1C[C@@H]1c1ccc(/C=C2\N=C(c3ccc(F)cc3)OC2=O)o1. The average Bonchev–Trinajstić information content (AvgIpc) is 2.94. The zero-order valence-electron chi connectivity index (χ0n) is 12.5. The molecule has 0 unspecified atom stereocenters. The van der Waals surface area contributed by atoms with Crippen molar-refractivity contribution in [3.05, 3.63) is 65.0 Å². The number of benzene rings is 1. The van der Waals surface area contributed by atoms with Gasteiger partial charge in [0.25, 0.3) is 0 Å². The van der Waals surface area contributed by atoms with Crippen LogP contribution in [0.1, 0.15) is 36.3 Å². The number of carbonyl (C=O) groups excluding carboxylic acids is 1. The lowest BCUT2D eigenvalue weighted by molar-refractivity contribution is -0.129. The molecule has 0 radical (unpaired) electrons. The predicted molar refractivity (Wildman–Crippen MR) is 82.2 cm³/mol. The van der Waals surface area contributed by atoms with Gasteiger partial charge in [0.2, 0.25) is 5.90 Å². The fraction of sp³-hybridized carbons (Fsp3) is 0.222. The van der Waals surface area contributed by atoms with Crippen LogP contribution in [0.3, 0.4) is 0 Å². The minimum atomic E-state index is -0.540. The fourth-order valence-corrected chi connectivity index (χ4v) is 2.62. The Labute approximate surface area is 132 Å². The lowest BCUT2D eigenvalue weighted by Gasteiger charge is -1.98. The Hall–Kier alpha value is -2.69. The van der Waals surface area contributed by atoms with E-state index in [4.69, 9.17) is 9.15 Å². The van der Waals surface area contributed by atoms with Crippen LogP contribution in [0.4, 0.5) is 4.39 Å². The molecule has 5 heteroatoms. The molecule has 1 aromatic carbocycles. The van der Waals surface area contributed by atoms with Crippen LogP contribution in [0.5, 0.6) is 0 Å². The first-order valence-corrected chi connectivity index (χ1v) is 7.48. The van der Waals surface area contributed by atoms with Crippen LogP contribution in [0.15, 0.2) is 51.5 Å². The standard InChI is InChI=1S/C18H14FNO3/c1-10-8-14(10)16-7-6-13(22-16)9-15-18(21)23-17(20-15)11-2-4-12(19)5-3-11/h2-7,9-10,14H,8H2,1H3/b15-9-/t10-,14+/m1/s1. The zero-order valence-corrected chi connectivity index (χ0v) is 12.5. The van der Waals surface area contributed by atoms with Gasteiger partial charge in [0.15, 0.2) is 5.70 Å². The van der Waals surface area contributed by atoms with Crippen molar-refractivity contribution >= 4 is 17.9 Å². The van der Waals surface area contributed by atoms with Crippen molar-refractivity contribution in [3.63, 3.8) is 0 Å². The number of rotatable bonds is 3. The maximum Gasteiger partial charge on any atom is 0.363 e. The van der Waals surface area contributed by atoms with Crippen LogP contribution in [0.2, 0.25) is 0 Å². The van der Waals surface area contributed by atoms with E-state index in [2.05, 4.69) is 11.9 Å². The number of aliphatic imine (C=N–C) groups is 1. The highest BCUT2D eigenvalue weighted by atomic mass is 19.1. The monoisotopic (exact) mass is 311 g/mol. The van der Waals surface area contributed by atoms with Crippen molar-refractivity contribution < 1.29 is 18.3 Å². The number of ether oxygens (including phenoxy) is 1. The van der Waals surface area contributed by atoms with Gasteiger partial charge in [-0.05, 0) is 48.7 Å². The van der Waals surface area contributed by atoms with Crippen molar-refractivity contribution in [2.75, 3.05) is 0 Å². The van der Waals surface area contributed by atoms with Crippen molar-refractivity contribution in [1.29, 1.82) is 0 Å². The van der Waals surface area contributed by atoms with Crippen LogP contribution < -0.4 is 0 Å². The molecule has 4 rings (SSSR count). The number of cyclic esters (lactones) is 1. The van der Waals surface area contributed by atoms with E-state index in [9.17, 15) is 9.18 Å². The molecule has 2 heterocycles. The van der Waals surface area contributed by atoms with E-state index < -0.39 is 5.97 Å². The second-order valence-electron chi connectivity index (χ2n) is 5.90. The van der Waals surface area contributed by atoms with Gasteiger partial charge in [-0.25, -0.2) is 14.2 Å². The topological polar surface area (TPSA) is 51.8 Å². The molecule has 23 heavy (non-hydrogen) atoms. The molecule has 1 aliphatic heterocycles. The fourth-order valence-electron chi connectivity index (χ4n) is 2.62. The zero-order chi connectivity index (χ0) is 16.0. The van der Waals surface area contributed by atoms with E-state index >= 15 is 0 Å². The maximum absolute atomic E-state index is 12.9. The Balaban J connectivity index is 1.59. The number of hydrogen-bond acceptors (Lipinski definition) is 4. The van der Waals surface area contributed by atoms with Crippen molar-refractivity contribution in [2.24, 2.45) is 10.9 Å². The van der Waals surface area contributed by atoms with E-state index in [0.29, 0.717) is 23.2 Å². The van der Waals surface area contributed by atoms with Crippen LogP contribution in [-0.4, -0.2) is 11.9 Å². The molecule has 2 atom stereocenters. The molecule has 0 bridgehead atoms. The highest BCUT2D eigenvalue weighted by Crippen LogP contribution is 2.47. The summed E-state index contributed by atoms with van der Waals surface area (Å²) in [6, 6.07) is 9.39. The van der Waals surface area contributed by atoms with E-state index in [1.165, 1.54) is 24.3 Å². The first kappa shape index (κ1) is 13.9. The Morgan fingerprint density at radius 1 is 1.22 bits per heavy atom. The lowest BCUT2D eigenvalue weighted by Crippen LogP contribution is -2.05. The summed E-state index contributed by atoms with van der Waals surface area (Å²) in [6.07, 6.45) is 2.70. The molecule has 1 fully saturated rings. The molecule has 1 saturated carbocycles. The summed E-state index contributed by atoms with van der Waals surface area (Å²) in [5, 5.41) is 0. The number of esters is 1. The first-order chi connectivity index (χ1) is 11.1. The Morgan fingerprint density at radius 3 is 2.65 bits per heavy atom. The molecule has 0 saturated heterocycles. The minimum Gasteiger partial charge on any atom is -0.461 e. The molecular weight excluding hydrogens is 297 g/mol. The van der Waals surface area contributed by atoms with Crippen LogP contribution in [0, 0.1) is 11.7 Å². The molecule has 1 aromatic heterocycles. The third-order valence-corrected chi connectivity index (χ3v) is 4.11. The molecule has 1 aliphatic carbocycles. The summed E-state index contributed by atoms with van der Waals surface area (Å²) in [5.41, 5.74) is 0.726. The van der Waals surface area contributed by atoms with Gasteiger partial charge in [-0.3, -0.25) is 0 Å².